The molecule has 0 heterocycles. The molecule has 45 valence electrons. The number of hydrogen-bond donors (Lipinski definition) is 0. The van der Waals surface area contributed by atoms with Crippen molar-refractivity contribution in [3.05, 3.63) is 0 Å². The Hall–Kier alpha value is 0.610. The summed E-state index contributed by atoms with van der Waals surface area (Å²) in [5.74, 6) is 0. The molecule has 0 bridgehead atoms. The Morgan fingerprint density at radius 1 is 1.00 bits per heavy atom. The molecule has 1 aliphatic rings. The molecule has 1 rings (SSSR count). The van der Waals surface area contributed by atoms with Crippen LogP contribution in [0.1, 0.15) is 32.1 Å². The van der Waals surface area contributed by atoms with Gasteiger partial charge < -0.3 is 0 Å². The summed E-state index contributed by atoms with van der Waals surface area (Å²) in [6.45, 7) is 0. The summed E-state index contributed by atoms with van der Waals surface area (Å²) < 4.78 is 1.66. The second-order valence-electron chi connectivity index (χ2n) is 2.02. The molecule has 7 heavy (non-hydrogen) atoms. The molecule has 0 atom stereocenters. The zero-order valence-electron chi connectivity index (χ0n) is 4.34. The molecule has 0 spiro atoms. The first-order chi connectivity index (χ1) is 3.39. The SMILES string of the molecule is [Au]=[C]1CCCCC1. The van der Waals surface area contributed by atoms with Gasteiger partial charge in [0.15, 0.2) is 0 Å². The van der Waals surface area contributed by atoms with E-state index in [1.165, 1.54) is 32.1 Å². The van der Waals surface area contributed by atoms with Crippen LogP contribution in [0, 0.1) is 0 Å². The van der Waals surface area contributed by atoms with Gasteiger partial charge in [-0.05, 0) is 0 Å². The van der Waals surface area contributed by atoms with Crippen LogP contribution in [0.2, 0.25) is 0 Å². The van der Waals surface area contributed by atoms with Gasteiger partial charge >= 0.3 is 56.4 Å². The van der Waals surface area contributed by atoms with E-state index in [0.717, 1.165) is 0 Å². The van der Waals surface area contributed by atoms with Gasteiger partial charge in [-0.25, -0.2) is 0 Å². The Balaban J connectivity index is 2.25. The summed E-state index contributed by atoms with van der Waals surface area (Å²) in [7, 11) is 0. The van der Waals surface area contributed by atoms with E-state index in [9.17, 15) is 0 Å². The first-order valence-corrected chi connectivity index (χ1v) is 3.94. The molecular formula is C6H10Au. The van der Waals surface area contributed by atoms with Crippen molar-refractivity contribution in [1.82, 2.24) is 0 Å². The fourth-order valence-electron chi connectivity index (χ4n) is 0.908. The molecule has 1 saturated carbocycles. The second kappa shape index (κ2) is 2.81. The van der Waals surface area contributed by atoms with Crippen LogP contribution in [-0.2, 0) is 20.6 Å². The molecule has 1 fully saturated rings. The Morgan fingerprint density at radius 2 is 1.57 bits per heavy atom. The van der Waals surface area contributed by atoms with Crippen molar-refractivity contribution in [2.75, 3.05) is 0 Å². The molecule has 0 N–H and O–H groups in total. The zero-order chi connectivity index (χ0) is 5.11. The van der Waals surface area contributed by atoms with Gasteiger partial charge in [0.2, 0.25) is 0 Å². The maximum absolute atomic E-state index is 2.64. The quantitative estimate of drug-likeness (QED) is 0.592. The summed E-state index contributed by atoms with van der Waals surface area (Å²) in [4.78, 5) is 0. The molecular weight excluding hydrogens is 269 g/mol. The predicted molar refractivity (Wildman–Crippen MR) is 28.1 cm³/mol. The van der Waals surface area contributed by atoms with Crippen molar-refractivity contribution < 1.29 is 20.6 Å². The minimum atomic E-state index is 1.38. The molecule has 0 radical (unpaired) electrons. The zero-order valence-corrected chi connectivity index (χ0v) is 6.50. The van der Waals surface area contributed by atoms with E-state index in [1.54, 1.807) is 3.72 Å². The average molecular weight is 279 g/mol. The van der Waals surface area contributed by atoms with E-state index in [4.69, 9.17) is 0 Å². The van der Waals surface area contributed by atoms with Gasteiger partial charge in [0.25, 0.3) is 0 Å². The fourth-order valence-corrected chi connectivity index (χ4v) is 1.67. The Kier molecular flexibility index (Phi) is 2.30. The summed E-state index contributed by atoms with van der Waals surface area (Å²) in [5.41, 5.74) is 0. The van der Waals surface area contributed by atoms with Crippen LogP contribution >= 0.6 is 0 Å². The van der Waals surface area contributed by atoms with Gasteiger partial charge in [0, 0.05) is 0 Å². The third kappa shape index (κ3) is 1.90. The van der Waals surface area contributed by atoms with Crippen LogP contribution in [-0.4, -0.2) is 3.72 Å². The fraction of sp³-hybridized carbons (Fsp3) is 0.833. The Morgan fingerprint density at radius 3 is 1.86 bits per heavy atom. The van der Waals surface area contributed by atoms with E-state index in [1.807, 2.05) is 0 Å². The van der Waals surface area contributed by atoms with Crippen molar-refractivity contribution in [2.45, 2.75) is 32.1 Å². The normalized spacial score (nSPS) is 22.9. The van der Waals surface area contributed by atoms with Gasteiger partial charge in [0.05, 0.1) is 0 Å². The van der Waals surface area contributed by atoms with Gasteiger partial charge in [0.1, 0.15) is 0 Å². The third-order valence-electron chi connectivity index (χ3n) is 1.36. The molecule has 0 aromatic carbocycles. The van der Waals surface area contributed by atoms with E-state index >= 15 is 0 Å². The summed E-state index contributed by atoms with van der Waals surface area (Å²) in [6.07, 6.45) is 7.09. The maximum atomic E-state index is 2.64. The summed E-state index contributed by atoms with van der Waals surface area (Å²) in [6, 6.07) is 0. The first-order valence-electron chi connectivity index (χ1n) is 2.86. The summed E-state index contributed by atoms with van der Waals surface area (Å²) >= 11 is 2.64. The molecule has 1 heteroatoms. The first kappa shape index (κ1) is 5.74. The van der Waals surface area contributed by atoms with Crippen molar-refractivity contribution in [3.63, 3.8) is 0 Å². The van der Waals surface area contributed by atoms with Crippen LogP contribution < -0.4 is 0 Å². The Labute approximate surface area is 56.7 Å². The van der Waals surface area contributed by atoms with Gasteiger partial charge in [-0.3, -0.25) is 0 Å². The average Bonchev–Trinajstić information content (AvgIpc) is 1.69. The van der Waals surface area contributed by atoms with E-state index in [0.29, 0.717) is 0 Å². The molecule has 1 aliphatic carbocycles. The van der Waals surface area contributed by atoms with E-state index < -0.39 is 0 Å². The summed E-state index contributed by atoms with van der Waals surface area (Å²) in [5, 5.41) is 0. The third-order valence-corrected chi connectivity index (χ3v) is 2.44. The van der Waals surface area contributed by atoms with E-state index in [-0.39, 0.29) is 0 Å². The standard InChI is InChI=1S/C6H10.Au/c1-2-4-6-5-3-1;/h1-5H2;. The monoisotopic (exact) mass is 279 g/mol. The molecule has 0 aliphatic heterocycles. The molecule has 0 nitrogen and oxygen atoms in total. The van der Waals surface area contributed by atoms with Crippen LogP contribution in [0.5, 0.6) is 0 Å². The topological polar surface area (TPSA) is 0 Å². The van der Waals surface area contributed by atoms with Crippen LogP contribution in [0.25, 0.3) is 0 Å². The molecule has 0 saturated heterocycles. The van der Waals surface area contributed by atoms with Crippen molar-refractivity contribution in [2.24, 2.45) is 0 Å². The van der Waals surface area contributed by atoms with Crippen LogP contribution in [0.3, 0.4) is 0 Å². The van der Waals surface area contributed by atoms with Crippen molar-refractivity contribution >= 4 is 3.72 Å². The molecule has 0 unspecified atom stereocenters. The van der Waals surface area contributed by atoms with Crippen LogP contribution in [0.15, 0.2) is 0 Å². The number of rotatable bonds is 0. The molecule has 0 aromatic heterocycles. The van der Waals surface area contributed by atoms with Crippen LogP contribution in [0.4, 0.5) is 0 Å². The van der Waals surface area contributed by atoms with Crippen molar-refractivity contribution in [3.8, 4) is 0 Å². The Bertz CT molecular complexity index is 68.2. The minimum absolute atomic E-state index is 1.38. The van der Waals surface area contributed by atoms with Gasteiger partial charge in [-0.1, -0.05) is 0 Å². The van der Waals surface area contributed by atoms with Gasteiger partial charge in [-0.2, -0.15) is 0 Å². The second-order valence-corrected chi connectivity index (χ2v) is 3.56. The number of hydrogen-bond acceptors (Lipinski definition) is 0. The molecule has 0 aromatic rings. The molecule has 0 amide bonds. The predicted octanol–water partition coefficient (Wildman–Crippen LogP) is 1.67. The van der Waals surface area contributed by atoms with Crippen molar-refractivity contribution in [1.29, 1.82) is 0 Å². The van der Waals surface area contributed by atoms with Gasteiger partial charge in [-0.15, -0.1) is 0 Å². The van der Waals surface area contributed by atoms with E-state index in [2.05, 4.69) is 20.6 Å².